The first-order chi connectivity index (χ1) is 8.60. The first-order valence-corrected chi connectivity index (χ1v) is 6.84. The predicted octanol–water partition coefficient (Wildman–Crippen LogP) is 1.26. The topological polar surface area (TPSA) is 65.5 Å². The number of nitrogens with one attached hydrogen (secondary N) is 3. The summed E-state index contributed by atoms with van der Waals surface area (Å²) in [5.41, 5.74) is 0. The van der Waals surface area contributed by atoms with Gasteiger partial charge in [-0.2, -0.15) is 0 Å². The third kappa shape index (κ3) is 9.93. The molecule has 0 aliphatic heterocycles. The van der Waals surface area contributed by atoms with Crippen LogP contribution in [0.1, 0.15) is 46.5 Å². The normalized spacial score (nSPS) is 11.5. The molecule has 0 spiro atoms. The van der Waals surface area contributed by atoms with Crippen molar-refractivity contribution in [2.45, 2.75) is 52.5 Å². The van der Waals surface area contributed by atoms with Gasteiger partial charge in [-0.1, -0.05) is 19.8 Å². The highest BCUT2D eigenvalue weighted by Gasteiger charge is 2.03. The Morgan fingerprint density at radius 1 is 1.17 bits per heavy atom. The van der Waals surface area contributed by atoms with Gasteiger partial charge in [-0.25, -0.2) is 0 Å². The Morgan fingerprint density at radius 3 is 2.39 bits per heavy atom. The molecule has 0 saturated heterocycles. The van der Waals surface area contributed by atoms with E-state index in [0.29, 0.717) is 13.0 Å². The van der Waals surface area contributed by atoms with E-state index in [1.165, 1.54) is 12.8 Å². The van der Waals surface area contributed by atoms with Crippen LogP contribution < -0.4 is 16.0 Å². The largest absolute Gasteiger partial charge is 0.356 e. The molecule has 0 aliphatic carbocycles. The van der Waals surface area contributed by atoms with Crippen molar-refractivity contribution in [1.29, 1.82) is 0 Å². The Kier molecular flexibility index (Phi) is 10.1. The average molecular weight is 256 g/mol. The van der Waals surface area contributed by atoms with E-state index in [4.69, 9.17) is 0 Å². The van der Waals surface area contributed by atoms with Crippen molar-refractivity contribution < 1.29 is 4.79 Å². The highest BCUT2D eigenvalue weighted by Crippen LogP contribution is 1.90. The lowest BCUT2D eigenvalue weighted by Gasteiger charge is -2.12. The van der Waals surface area contributed by atoms with Gasteiger partial charge < -0.3 is 16.0 Å². The maximum atomic E-state index is 11.4. The third-order valence-corrected chi connectivity index (χ3v) is 2.39. The van der Waals surface area contributed by atoms with E-state index in [1.54, 1.807) is 7.05 Å². The molecule has 0 atom stereocenters. The lowest BCUT2D eigenvalue weighted by Crippen LogP contribution is -2.40. The lowest BCUT2D eigenvalue weighted by atomic mass is 10.2. The summed E-state index contributed by atoms with van der Waals surface area (Å²) in [5, 5.41) is 9.21. The number of aliphatic imine (C=N–C) groups is 1. The fourth-order valence-electron chi connectivity index (χ4n) is 1.49. The second kappa shape index (κ2) is 10.9. The third-order valence-electron chi connectivity index (χ3n) is 2.39. The minimum Gasteiger partial charge on any atom is -0.356 e. The molecule has 0 radical (unpaired) electrons. The second-order valence-electron chi connectivity index (χ2n) is 4.61. The van der Waals surface area contributed by atoms with Gasteiger partial charge in [0, 0.05) is 32.6 Å². The molecule has 5 heteroatoms. The number of carbonyl (C=O) groups excluding carboxylic acids is 1. The van der Waals surface area contributed by atoms with Crippen molar-refractivity contribution in [2.75, 3.05) is 20.1 Å². The Balaban J connectivity index is 3.65. The van der Waals surface area contributed by atoms with Crippen molar-refractivity contribution in [2.24, 2.45) is 4.99 Å². The fraction of sp³-hybridized carbons (Fsp3) is 0.846. The van der Waals surface area contributed by atoms with Crippen LogP contribution in [0.4, 0.5) is 0 Å². The molecule has 0 aromatic carbocycles. The van der Waals surface area contributed by atoms with Gasteiger partial charge in [-0.3, -0.25) is 9.79 Å². The summed E-state index contributed by atoms with van der Waals surface area (Å²) in [5.74, 6) is 0.836. The van der Waals surface area contributed by atoms with E-state index in [2.05, 4.69) is 27.9 Å². The summed E-state index contributed by atoms with van der Waals surface area (Å²) in [6.45, 7) is 7.62. The highest BCUT2D eigenvalue weighted by atomic mass is 16.1. The summed E-state index contributed by atoms with van der Waals surface area (Å²) in [6, 6.07) is 0.198. The molecule has 0 saturated carbocycles. The number of carbonyl (C=O) groups is 1. The fourth-order valence-corrected chi connectivity index (χ4v) is 1.49. The van der Waals surface area contributed by atoms with Gasteiger partial charge in [0.05, 0.1) is 0 Å². The van der Waals surface area contributed by atoms with Crippen LogP contribution in [-0.4, -0.2) is 38.0 Å². The van der Waals surface area contributed by atoms with Gasteiger partial charge in [0.15, 0.2) is 5.96 Å². The average Bonchev–Trinajstić information content (AvgIpc) is 2.31. The molecule has 0 aromatic rings. The quantitative estimate of drug-likeness (QED) is 0.348. The van der Waals surface area contributed by atoms with E-state index in [9.17, 15) is 4.79 Å². The van der Waals surface area contributed by atoms with Gasteiger partial charge in [0.2, 0.25) is 5.91 Å². The summed E-state index contributed by atoms with van der Waals surface area (Å²) in [6.07, 6.45) is 4.04. The number of hydrogen-bond donors (Lipinski definition) is 3. The standard InChI is InChI=1S/C13H28N4O/c1-5-6-7-9-15-13(14-4)16-10-8-12(18)17-11(2)3/h11H,5-10H2,1-4H3,(H,17,18)(H2,14,15,16). The number of rotatable bonds is 8. The molecule has 0 heterocycles. The van der Waals surface area contributed by atoms with E-state index >= 15 is 0 Å². The molecule has 0 bridgehead atoms. The minimum atomic E-state index is 0.0685. The van der Waals surface area contributed by atoms with Crippen molar-refractivity contribution in [3.8, 4) is 0 Å². The number of nitrogens with zero attached hydrogens (tertiary/aromatic N) is 1. The van der Waals surface area contributed by atoms with Gasteiger partial charge >= 0.3 is 0 Å². The van der Waals surface area contributed by atoms with Gasteiger partial charge in [0.1, 0.15) is 0 Å². The molecule has 0 aliphatic rings. The predicted molar refractivity (Wildman–Crippen MR) is 76.8 cm³/mol. The Morgan fingerprint density at radius 2 is 1.83 bits per heavy atom. The first-order valence-electron chi connectivity index (χ1n) is 6.84. The Hall–Kier alpha value is -1.26. The molecule has 3 N–H and O–H groups in total. The smallest absolute Gasteiger partial charge is 0.221 e. The maximum Gasteiger partial charge on any atom is 0.221 e. The molecular weight excluding hydrogens is 228 g/mol. The molecule has 106 valence electrons. The molecule has 18 heavy (non-hydrogen) atoms. The van der Waals surface area contributed by atoms with E-state index in [-0.39, 0.29) is 11.9 Å². The monoisotopic (exact) mass is 256 g/mol. The second-order valence-corrected chi connectivity index (χ2v) is 4.61. The molecule has 5 nitrogen and oxygen atoms in total. The minimum absolute atomic E-state index is 0.0685. The summed E-state index contributed by atoms with van der Waals surface area (Å²) in [4.78, 5) is 15.5. The van der Waals surface area contributed by atoms with E-state index < -0.39 is 0 Å². The van der Waals surface area contributed by atoms with Gasteiger partial charge in [-0.15, -0.1) is 0 Å². The van der Waals surface area contributed by atoms with Crippen LogP contribution in [0.5, 0.6) is 0 Å². The lowest BCUT2D eigenvalue weighted by molar-refractivity contribution is -0.121. The van der Waals surface area contributed by atoms with Crippen molar-refractivity contribution in [3.63, 3.8) is 0 Å². The molecule has 0 fully saturated rings. The zero-order valence-corrected chi connectivity index (χ0v) is 12.2. The molecule has 0 aromatic heterocycles. The number of hydrogen-bond acceptors (Lipinski definition) is 2. The molecule has 1 amide bonds. The zero-order chi connectivity index (χ0) is 13.8. The van der Waals surface area contributed by atoms with Crippen LogP contribution in [0.25, 0.3) is 0 Å². The molecule has 0 unspecified atom stereocenters. The molecule has 0 rings (SSSR count). The zero-order valence-electron chi connectivity index (χ0n) is 12.2. The SMILES string of the molecule is CCCCCNC(=NC)NCCC(=O)NC(C)C. The van der Waals surface area contributed by atoms with Crippen molar-refractivity contribution in [3.05, 3.63) is 0 Å². The van der Waals surface area contributed by atoms with Gasteiger partial charge in [-0.05, 0) is 20.3 Å². The number of guanidine groups is 1. The Bertz CT molecular complexity index is 251. The van der Waals surface area contributed by atoms with Crippen LogP contribution >= 0.6 is 0 Å². The summed E-state index contributed by atoms with van der Waals surface area (Å²) in [7, 11) is 1.74. The Labute approximate surface area is 111 Å². The summed E-state index contributed by atoms with van der Waals surface area (Å²) < 4.78 is 0. The highest BCUT2D eigenvalue weighted by molar-refractivity contribution is 5.81. The van der Waals surface area contributed by atoms with Gasteiger partial charge in [0.25, 0.3) is 0 Å². The van der Waals surface area contributed by atoms with Crippen LogP contribution in [-0.2, 0) is 4.79 Å². The van der Waals surface area contributed by atoms with Crippen LogP contribution in [0.15, 0.2) is 4.99 Å². The van der Waals surface area contributed by atoms with E-state index in [1.807, 2.05) is 13.8 Å². The van der Waals surface area contributed by atoms with Crippen LogP contribution in [0.2, 0.25) is 0 Å². The first kappa shape index (κ1) is 16.7. The number of unbranched alkanes of at least 4 members (excludes halogenated alkanes) is 2. The number of amides is 1. The maximum absolute atomic E-state index is 11.4. The van der Waals surface area contributed by atoms with Crippen molar-refractivity contribution in [1.82, 2.24) is 16.0 Å². The van der Waals surface area contributed by atoms with Crippen molar-refractivity contribution >= 4 is 11.9 Å². The van der Waals surface area contributed by atoms with Crippen LogP contribution in [0.3, 0.4) is 0 Å². The molecular formula is C13H28N4O. The van der Waals surface area contributed by atoms with E-state index in [0.717, 1.165) is 18.9 Å². The van der Waals surface area contributed by atoms with Crippen LogP contribution in [0, 0.1) is 0 Å². The summed E-state index contributed by atoms with van der Waals surface area (Å²) >= 11 is 0.